The summed E-state index contributed by atoms with van der Waals surface area (Å²) >= 11 is 0. The maximum Gasteiger partial charge on any atom is 0.423 e. The summed E-state index contributed by atoms with van der Waals surface area (Å²) in [5.74, 6) is -0.476. The van der Waals surface area contributed by atoms with Gasteiger partial charge in [-0.15, -0.1) is 5.10 Å². The lowest BCUT2D eigenvalue weighted by Gasteiger charge is -2.10. The van der Waals surface area contributed by atoms with Gasteiger partial charge in [-0.25, -0.2) is 0 Å². The van der Waals surface area contributed by atoms with Crippen LogP contribution < -0.4 is 10.6 Å². The summed E-state index contributed by atoms with van der Waals surface area (Å²) in [4.78, 5) is 22.0. The molecule has 1 aliphatic rings. The Morgan fingerprint density at radius 2 is 2.00 bits per heavy atom. The van der Waals surface area contributed by atoms with Crippen LogP contribution in [0.5, 0.6) is 0 Å². The summed E-state index contributed by atoms with van der Waals surface area (Å²) in [6.45, 7) is 0. The quantitative estimate of drug-likeness (QED) is 0.358. The zero-order chi connectivity index (χ0) is 20.1. The van der Waals surface area contributed by atoms with Gasteiger partial charge in [0.1, 0.15) is 11.1 Å². The van der Waals surface area contributed by atoms with Gasteiger partial charge in [-0.3, -0.25) is 20.0 Å². The van der Waals surface area contributed by atoms with Crippen LogP contribution in [0.4, 0.5) is 30.2 Å². The second kappa shape index (κ2) is 6.04. The van der Waals surface area contributed by atoms with Crippen molar-refractivity contribution in [2.75, 3.05) is 10.6 Å². The maximum atomic E-state index is 13.1. The van der Waals surface area contributed by atoms with Gasteiger partial charge in [-0.1, -0.05) is 5.21 Å². The molecule has 3 N–H and O–H groups in total. The standard InChI is InChI=1S/C16H9F3N6O3/c17-16(18,19)9-5-7(1-4-12(9)25(27)28)20-6-8-13-10(21-15(8)26)2-3-11-14(13)23-24-22-11/h1-6,20H,(H,21,26)(H,22,23,24)/b8-6-. The molecule has 0 bridgehead atoms. The molecule has 4 rings (SSSR count). The number of aromatic nitrogens is 3. The highest BCUT2D eigenvalue weighted by Gasteiger charge is 2.38. The molecule has 0 saturated carbocycles. The lowest BCUT2D eigenvalue weighted by Crippen LogP contribution is -2.10. The van der Waals surface area contributed by atoms with Crippen molar-refractivity contribution in [3.8, 4) is 0 Å². The van der Waals surface area contributed by atoms with Crippen LogP contribution in [0.3, 0.4) is 0 Å². The van der Waals surface area contributed by atoms with Gasteiger partial charge in [0.05, 0.1) is 21.7 Å². The Morgan fingerprint density at radius 1 is 1.21 bits per heavy atom. The summed E-state index contributed by atoms with van der Waals surface area (Å²) in [6.07, 6.45) is -3.69. The molecule has 0 unspecified atom stereocenters. The number of benzene rings is 2. The first kappa shape index (κ1) is 17.5. The van der Waals surface area contributed by atoms with Gasteiger partial charge in [0.2, 0.25) is 0 Å². The summed E-state index contributed by atoms with van der Waals surface area (Å²) in [5.41, 5.74) is -0.448. The predicted molar refractivity (Wildman–Crippen MR) is 92.2 cm³/mol. The predicted octanol–water partition coefficient (Wildman–Crippen LogP) is 3.29. The monoisotopic (exact) mass is 390 g/mol. The summed E-state index contributed by atoms with van der Waals surface area (Å²) in [5, 5.41) is 26.3. The van der Waals surface area contributed by atoms with E-state index in [2.05, 4.69) is 26.0 Å². The van der Waals surface area contributed by atoms with Gasteiger partial charge in [0.15, 0.2) is 0 Å². The second-order valence-electron chi connectivity index (χ2n) is 5.84. The third-order valence-corrected chi connectivity index (χ3v) is 4.14. The van der Waals surface area contributed by atoms with Crippen LogP contribution in [0.2, 0.25) is 0 Å². The number of halogens is 3. The first-order valence-corrected chi connectivity index (χ1v) is 7.73. The van der Waals surface area contributed by atoms with Gasteiger partial charge in [0.25, 0.3) is 11.6 Å². The number of carbonyl (C=O) groups is 1. The highest BCUT2D eigenvalue weighted by Crippen LogP contribution is 2.39. The number of fused-ring (bicyclic) bond motifs is 3. The maximum absolute atomic E-state index is 13.1. The summed E-state index contributed by atoms with van der Waals surface area (Å²) < 4.78 is 39.3. The average Bonchev–Trinajstić information content (AvgIpc) is 3.22. The lowest BCUT2D eigenvalue weighted by atomic mass is 10.1. The number of nitrogens with one attached hydrogen (secondary N) is 3. The van der Waals surface area contributed by atoms with Crippen molar-refractivity contribution in [3.63, 3.8) is 0 Å². The third-order valence-electron chi connectivity index (χ3n) is 4.14. The SMILES string of the molecule is O=C1Nc2ccc3[nH]nnc3c2/C1=C/Nc1ccc([N+](=O)[O-])c(C(F)(F)F)c1. The van der Waals surface area contributed by atoms with E-state index in [1.165, 1.54) is 6.20 Å². The number of H-pyrrole nitrogens is 1. The Balaban J connectivity index is 1.74. The van der Waals surface area contributed by atoms with Crippen molar-refractivity contribution >= 4 is 39.6 Å². The molecule has 12 heteroatoms. The van der Waals surface area contributed by atoms with Crippen LogP contribution >= 0.6 is 0 Å². The molecule has 0 fully saturated rings. The topological polar surface area (TPSA) is 126 Å². The van der Waals surface area contributed by atoms with E-state index in [1.54, 1.807) is 12.1 Å². The molecule has 1 aliphatic heterocycles. The molecule has 142 valence electrons. The number of nitrogens with zero attached hydrogens (tertiary/aromatic N) is 3. The van der Waals surface area contributed by atoms with E-state index < -0.39 is 28.3 Å². The van der Waals surface area contributed by atoms with Crippen LogP contribution in [-0.2, 0) is 11.0 Å². The van der Waals surface area contributed by atoms with Crippen LogP contribution in [0.15, 0.2) is 36.5 Å². The smallest absolute Gasteiger partial charge is 0.361 e. The van der Waals surface area contributed by atoms with Crippen LogP contribution in [0.1, 0.15) is 11.1 Å². The number of amides is 1. The molecule has 3 aromatic rings. The van der Waals surface area contributed by atoms with Gasteiger partial charge in [-0.2, -0.15) is 13.2 Å². The van der Waals surface area contributed by atoms with E-state index in [-0.39, 0.29) is 11.3 Å². The number of hydrogen-bond acceptors (Lipinski definition) is 6. The Morgan fingerprint density at radius 3 is 2.71 bits per heavy atom. The van der Waals surface area contributed by atoms with E-state index in [0.717, 1.165) is 12.1 Å². The van der Waals surface area contributed by atoms with Gasteiger partial charge >= 0.3 is 6.18 Å². The highest BCUT2D eigenvalue weighted by atomic mass is 19.4. The second-order valence-corrected chi connectivity index (χ2v) is 5.84. The molecule has 1 amide bonds. The minimum absolute atomic E-state index is 0.0704. The van der Waals surface area contributed by atoms with E-state index in [0.29, 0.717) is 28.4 Å². The first-order chi connectivity index (χ1) is 13.3. The van der Waals surface area contributed by atoms with Crippen molar-refractivity contribution in [2.45, 2.75) is 6.18 Å². The fourth-order valence-corrected chi connectivity index (χ4v) is 2.90. The fraction of sp³-hybridized carbons (Fsp3) is 0.0625. The first-order valence-electron chi connectivity index (χ1n) is 7.73. The number of rotatable bonds is 3. The zero-order valence-corrected chi connectivity index (χ0v) is 13.7. The Hall–Kier alpha value is -3.96. The minimum Gasteiger partial charge on any atom is -0.361 e. The highest BCUT2D eigenvalue weighted by molar-refractivity contribution is 6.34. The molecule has 1 aromatic heterocycles. The van der Waals surface area contributed by atoms with Gasteiger partial charge in [-0.05, 0) is 24.3 Å². The number of nitro benzene ring substituents is 1. The van der Waals surface area contributed by atoms with Crippen LogP contribution in [0.25, 0.3) is 16.6 Å². The number of anilines is 2. The molecule has 9 nitrogen and oxygen atoms in total. The number of alkyl halides is 3. The van der Waals surface area contributed by atoms with E-state index in [1.807, 2.05) is 0 Å². The average molecular weight is 390 g/mol. The van der Waals surface area contributed by atoms with Crippen molar-refractivity contribution < 1.29 is 22.9 Å². The summed E-state index contributed by atoms with van der Waals surface area (Å²) in [7, 11) is 0. The third kappa shape index (κ3) is 2.80. The number of aromatic amines is 1. The molecular formula is C16H9F3N6O3. The van der Waals surface area contributed by atoms with Crippen molar-refractivity contribution in [1.82, 2.24) is 15.4 Å². The molecule has 0 saturated heterocycles. The fourth-order valence-electron chi connectivity index (χ4n) is 2.90. The van der Waals surface area contributed by atoms with Crippen LogP contribution in [-0.4, -0.2) is 26.2 Å². The molecule has 2 heterocycles. The van der Waals surface area contributed by atoms with E-state index in [9.17, 15) is 28.1 Å². The zero-order valence-electron chi connectivity index (χ0n) is 13.7. The normalized spacial score (nSPS) is 15.0. The number of nitro groups is 1. The van der Waals surface area contributed by atoms with E-state index >= 15 is 0 Å². The molecule has 2 aromatic carbocycles. The molecule has 28 heavy (non-hydrogen) atoms. The van der Waals surface area contributed by atoms with Crippen molar-refractivity contribution in [3.05, 3.63) is 57.8 Å². The molecule has 0 aliphatic carbocycles. The van der Waals surface area contributed by atoms with Gasteiger partial charge in [0, 0.05) is 23.5 Å². The minimum atomic E-state index is -4.91. The Kier molecular flexibility index (Phi) is 3.77. The summed E-state index contributed by atoms with van der Waals surface area (Å²) in [6, 6.07) is 5.80. The number of hydrogen-bond donors (Lipinski definition) is 3. The largest absolute Gasteiger partial charge is 0.423 e. The molecular weight excluding hydrogens is 381 g/mol. The molecule has 0 radical (unpaired) electrons. The Bertz CT molecular complexity index is 1170. The number of carbonyl (C=O) groups excluding carboxylic acids is 1. The lowest BCUT2D eigenvalue weighted by molar-refractivity contribution is -0.388. The molecule has 0 atom stereocenters. The molecule has 0 spiro atoms. The van der Waals surface area contributed by atoms with Crippen molar-refractivity contribution in [1.29, 1.82) is 0 Å². The van der Waals surface area contributed by atoms with E-state index in [4.69, 9.17) is 0 Å². The van der Waals surface area contributed by atoms with Crippen LogP contribution in [0, 0.1) is 10.1 Å². The Labute approximate surface area is 153 Å². The van der Waals surface area contributed by atoms with Crippen molar-refractivity contribution in [2.24, 2.45) is 0 Å². The van der Waals surface area contributed by atoms with Gasteiger partial charge < -0.3 is 10.6 Å².